The van der Waals surface area contributed by atoms with Gasteiger partial charge in [0.05, 0.1) is 6.61 Å². The highest BCUT2D eigenvalue weighted by Crippen LogP contribution is 2.13. The fourth-order valence-electron chi connectivity index (χ4n) is 2.11. The number of likely N-dealkylation sites (tertiary alicyclic amines) is 1. The van der Waals surface area contributed by atoms with E-state index in [9.17, 15) is 4.79 Å². The lowest BCUT2D eigenvalue weighted by atomic mass is 10.1. The topological polar surface area (TPSA) is 67.3 Å². The molecule has 0 unspecified atom stereocenters. The van der Waals surface area contributed by atoms with Crippen LogP contribution in [0.1, 0.15) is 29.8 Å². The molecule has 1 aliphatic rings. The number of carbonyl (C=O) groups is 1. The zero-order valence-electron chi connectivity index (χ0n) is 11.3. The normalized spacial score (nSPS) is 15.3. The number of ether oxygens (including phenoxy) is 1. The van der Waals surface area contributed by atoms with Crippen LogP contribution in [0.15, 0.2) is 12.4 Å². The lowest BCUT2D eigenvalue weighted by molar-refractivity contribution is 0.0718. The summed E-state index contributed by atoms with van der Waals surface area (Å²) in [5.74, 6) is 0.657. The van der Waals surface area contributed by atoms with Crippen molar-refractivity contribution < 1.29 is 9.53 Å². The number of nitrogens with zero attached hydrogens (tertiary/aromatic N) is 3. The van der Waals surface area contributed by atoms with Crippen molar-refractivity contribution in [2.45, 2.75) is 19.3 Å². The van der Waals surface area contributed by atoms with Crippen LogP contribution in [-0.2, 0) is 4.74 Å². The molecule has 0 atom stereocenters. The monoisotopic (exact) mass is 264 g/mol. The molecule has 6 heteroatoms. The van der Waals surface area contributed by atoms with Crippen LogP contribution in [0.25, 0.3) is 0 Å². The van der Waals surface area contributed by atoms with E-state index in [0.29, 0.717) is 24.7 Å². The van der Waals surface area contributed by atoms with Crippen LogP contribution in [0.4, 0.5) is 5.82 Å². The van der Waals surface area contributed by atoms with Gasteiger partial charge in [-0.3, -0.25) is 4.79 Å². The van der Waals surface area contributed by atoms with Gasteiger partial charge in [0.15, 0.2) is 0 Å². The minimum atomic E-state index is -0.00288. The van der Waals surface area contributed by atoms with Crippen molar-refractivity contribution in [3.8, 4) is 0 Å². The Morgan fingerprint density at radius 3 is 2.89 bits per heavy atom. The predicted molar refractivity (Wildman–Crippen MR) is 72.2 cm³/mol. The van der Waals surface area contributed by atoms with E-state index in [1.54, 1.807) is 13.2 Å². The Hall–Kier alpha value is -1.69. The van der Waals surface area contributed by atoms with Crippen molar-refractivity contribution >= 4 is 11.7 Å². The highest BCUT2D eigenvalue weighted by molar-refractivity contribution is 5.92. The molecule has 0 aromatic carbocycles. The third-order valence-electron chi connectivity index (χ3n) is 3.14. The zero-order valence-corrected chi connectivity index (χ0v) is 11.3. The molecule has 19 heavy (non-hydrogen) atoms. The van der Waals surface area contributed by atoms with E-state index in [-0.39, 0.29) is 5.91 Å². The molecular formula is C13H20N4O2. The van der Waals surface area contributed by atoms with E-state index in [2.05, 4.69) is 15.3 Å². The number of aromatic nitrogens is 2. The zero-order chi connectivity index (χ0) is 13.5. The maximum absolute atomic E-state index is 12.3. The smallest absolute Gasteiger partial charge is 0.272 e. The number of hydrogen-bond acceptors (Lipinski definition) is 5. The van der Waals surface area contributed by atoms with Crippen molar-refractivity contribution in [3.05, 3.63) is 18.1 Å². The van der Waals surface area contributed by atoms with Gasteiger partial charge in [-0.15, -0.1) is 0 Å². The Bertz CT molecular complexity index is 419. The van der Waals surface area contributed by atoms with Crippen molar-refractivity contribution in [2.24, 2.45) is 0 Å². The summed E-state index contributed by atoms with van der Waals surface area (Å²) in [6.45, 7) is 2.91. The number of rotatable bonds is 5. The molecule has 1 aromatic rings. The van der Waals surface area contributed by atoms with E-state index in [4.69, 9.17) is 4.74 Å². The summed E-state index contributed by atoms with van der Waals surface area (Å²) in [5.41, 5.74) is 0.455. The Morgan fingerprint density at radius 1 is 1.37 bits per heavy atom. The fourth-order valence-corrected chi connectivity index (χ4v) is 2.11. The second-order valence-electron chi connectivity index (χ2n) is 4.56. The summed E-state index contributed by atoms with van der Waals surface area (Å²) in [6.07, 6.45) is 4.79. The SMILES string of the molecule is COCCNc1cc(C(=O)N2CCCCC2)ncn1. The van der Waals surface area contributed by atoms with Crippen molar-refractivity contribution in [3.63, 3.8) is 0 Å². The number of anilines is 1. The maximum Gasteiger partial charge on any atom is 0.272 e. The van der Waals surface area contributed by atoms with Crippen molar-refractivity contribution in [1.82, 2.24) is 14.9 Å². The van der Waals surface area contributed by atoms with Gasteiger partial charge in [-0.2, -0.15) is 0 Å². The van der Waals surface area contributed by atoms with Gasteiger partial charge in [0, 0.05) is 32.8 Å². The fraction of sp³-hybridized carbons (Fsp3) is 0.615. The number of hydrogen-bond donors (Lipinski definition) is 1. The van der Waals surface area contributed by atoms with Gasteiger partial charge in [-0.25, -0.2) is 9.97 Å². The quantitative estimate of drug-likeness (QED) is 0.808. The summed E-state index contributed by atoms with van der Waals surface area (Å²) in [4.78, 5) is 22.3. The first-order chi connectivity index (χ1) is 9.31. The molecule has 2 heterocycles. The van der Waals surface area contributed by atoms with Gasteiger partial charge < -0.3 is 15.0 Å². The maximum atomic E-state index is 12.3. The van der Waals surface area contributed by atoms with Crippen LogP contribution in [-0.4, -0.2) is 54.1 Å². The van der Waals surface area contributed by atoms with Crippen LogP contribution in [0.3, 0.4) is 0 Å². The van der Waals surface area contributed by atoms with Crippen molar-refractivity contribution in [1.29, 1.82) is 0 Å². The van der Waals surface area contributed by atoms with Gasteiger partial charge in [0.25, 0.3) is 5.91 Å². The molecule has 0 radical (unpaired) electrons. The van der Waals surface area contributed by atoms with E-state index in [0.717, 1.165) is 25.9 Å². The molecule has 1 saturated heterocycles. The van der Waals surface area contributed by atoms with Gasteiger partial charge >= 0.3 is 0 Å². The Balaban J connectivity index is 1.98. The van der Waals surface area contributed by atoms with Gasteiger partial charge in [-0.05, 0) is 19.3 Å². The molecule has 104 valence electrons. The van der Waals surface area contributed by atoms with Gasteiger partial charge in [0.1, 0.15) is 17.8 Å². The lowest BCUT2D eigenvalue weighted by Gasteiger charge is -2.26. The molecule has 1 N–H and O–H groups in total. The third-order valence-corrected chi connectivity index (χ3v) is 3.14. The Kier molecular flexibility index (Phi) is 5.09. The summed E-state index contributed by atoms with van der Waals surface area (Å²) in [7, 11) is 1.65. The van der Waals surface area contributed by atoms with Crippen LogP contribution in [0.2, 0.25) is 0 Å². The van der Waals surface area contributed by atoms with Gasteiger partial charge in [-0.1, -0.05) is 0 Å². The molecule has 1 fully saturated rings. The first-order valence-corrected chi connectivity index (χ1v) is 6.65. The van der Waals surface area contributed by atoms with Gasteiger partial charge in [0.2, 0.25) is 0 Å². The summed E-state index contributed by atoms with van der Waals surface area (Å²) < 4.78 is 4.96. The molecule has 0 spiro atoms. The molecule has 1 aliphatic heterocycles. The second-order valence-corrected chi connectivity index (χ2v) is 4.56. The van der Waals surface area contributed by atoms with Crippen LogP contribution in [0.5, 0.6) is 0 Å². The minimum absolute atomic E-state index is 0.00288. The number of amides is 1. The average molecular weight is 264 g/mol. The minimum Gasteiger partial charge on any atom is -0.383 e. The van der Waals surface area contributed by atoms with E-state index in [1.165, 1.54) is 12.7 Å². The highest BCUT2D eigenvalue weighted by Gasteiger charge is 2.19. The highest BCUT2D eigenvalue weighted by atomic mass is 16.5. The van der Waals surface area contributed by atoms with E-state index in [1.807, 2.05) is 4.90 Å². The van der Waals surface area contributed by atoms with Crippen LogP contribution in [0, 0.1) is 0 Å². The number of nitrogens with one attached hydrogen (secondary N) is 1. The Morgan fingerprint density at radius 2 is 2.16 bits per heavy atom. The van der Waals surface area contributed by atoms with Crippen molar-refractivity contribution in [2.75, 3.05) is 38.7 Å². The number of methoxy groups -OCH3 is 1. The molecule has 2 rings (SSSR count). The molecule has 1 aromatic heterocycles. The lowest BCUT2D eigenvalue weighted by Crippen LogP contribution is -2.36. The second kappa shape index (κ2) is 7.04. The third kappa shape index (κ3) is 3.89. The average Bonchev–Trinajstić information content (AvgIpc) is 2.48. The van der Waals surface area contributed by atoms with Crippen LogP contribution >= 0.6 is 0 Å². The largest absolute Gasteiger partial charge is 0.383 e. The number of piperidine rings is 1. The molecule has 6 nitrogen and oxygen atoms in total. The molecule has 0 bridgehead atoms. The summed E-state index contributed by atoms with van der Waals surface area (Å²) in [6, 6.07) is 1.70. The van der Waals surface area contributed by atoms with E-state index < -0.39 is 0 Å². The first kappa shape index (κ1) is 13.7. The molecule has 0 aliphatic carbocycles. The standard InChI is InChI=1S/C13H20N4O2/c1-19-8-5-14-12-9-11(15-10-16-12)13(18)17-6-3-2-4-7-17/h9-10H,2-8H2,1H3,(H,14,15,16). The molecule has 0 saturated carbocycles. The first-order valence-electron chi connectivity index (χ1n) is 6.65. The van der Waals surface area contributed by atoms with Crippen LogP contribution < -0.4 is 5.32 Å². The Labute approximate surface area is 113 Å². The summed E-state index contributed by atoms with van der Waals surface area (Å²) >= 11 is 0. The van der Waals surface area contributed by atoms with E-state index >= 15 is 0 Å². The predicted octanol–water partition coefficient (Wildman–Crippen LogP) is 1.16. The molecular weight excluding hydrogens is 244 g/mol. The number of carbonyl (C=O) groups excluding carboxylic acids is 1. The summed E-state index contributed by atoms with van der Waals surface area (Å²) in [5, 5.41) is 3.10. The molecule has 1 amide bonds.